The highest BCUT2D eigenvalue weighted by Gasteiger charge is 2.42. The first-order valence-electron chi connectivity index (χ1n) is 8.20. The van der Waals surface area contributed by atoms with Crippen LogP contribution in [-0.4, -0.2) is 59.0 Å². The first kappa shape index (κ1) is 16.9. The van der Waals surface area contributed by atoms with Crippen molar-refractivity contribution in [3.05, 3.63) is 23.5 Å². The number of hydrogen-bond acceptors (Lipinski definition) is 2. The Morgan fingerprint density at radius 3 is 2.38 bits per heavy atom. The van der Waals surface area contributed by atoms with Crippen molar-refractivity contribution in [2.75, 3.05) is 26.2 Å². The van der Waals surface area contributed by atoms with Crippen molar-refractivity contribution in [3.63, 3.8) is 0 Å². The lowest BCUT2D eigenvalue weighted by atomic mass is 9.97. The maximum Gasteiger partial charge on any atom is 0.393 e. The molecule has 8 heteroatoms. The topological polar surface area (TPSA) is 56.4 Å². The molecule has 2 amide bonds. The molecule has 0 bridgehead atoms. The summed E-state index contributed by atoms with van der Waals surface area (Å²) in [4.78, 5) is 30.4. The number of halogens is 3. The molecule has 3 rings (SSSR count). The van der Waals surface area contributed by atoms with E-state index < -0.39 is 18.0 Å². The second kappa shape index (κ2) is 6.49. The van der Waals surface area contributed by atoms with Gasteiger partial charge in [-0.05, 0) is 31.7 Å². The maximum absolute atomic E-state index is 12.9. The van der Waals surface area contributed by atoms with Gasteiger partial charge in [-0.25, -0.2) is 0 Å². The molecule has 0 saturated carbocycles. The number of piperidine rings is 1. The summed E-state index contributed by atoms with van der Waals surface area (Å²) < 4.78 is 38.6. The number of carbonyl (C=O) groups is 2. The summed E-state index contributed by atoms with van der Waals surface area (Å²) in [5.41, 5.74) is 0.546. The quantitative estimate of drug-likeness (QED) is 0.898. The van der Waals surface area contributed by atoms with E-state index in [-0.39, 0.29) is 24.4 Å². The fraction of sp³-hybridized carbons (Fsp3) is 0.625. The Morgan fingerprint density at radius 2 is 1.71 bits per heavy atom. The normalized spacial score (nSPS) is 22.0. The number of aromatic nitrogens is 1. The van der Waals surface area contributed by atoms with Crippen LogP contribution in [0.25, 0.3) is 0 Å². The molecule has 2 aliphatic rings. The van der Waals surface area contributed by atoms with Gasteiger partial charge in [0.2, 0.25) is 0 Å². The standard InChI is InChI=1S/C16H20F3N3O2/c17-16(18,19)12-4-3-7-22(10-12)14(23)11-8-13(20-9-11)15(24)21-5-1-2-6-21/h8-9,12,20H,1-7,10H2. The van der Waals surface area contributed by atoms with Crippen LogP contribution in [0.2, 0.25) is 0 Å². The highest BCUT2D eigenvalue weighted by atomic mass is 19.4. The molecule has 0 radical (unpaired) electrons. The Balaban J connectivity index is 1.68. The zero-order valence-electron chi connectivity index (χ0n) is 13.2. The predicted octanol–water partition coefficient (Wildman–Crippen LogP) is 2.67. The average Bonchev–Trinajstić information content (AvgIpc) is 3.24. The van der Waals surface area contributed by atoms with E-state index in [0.29, 0.717) is 31.7 Å². The van der Waals surface area contributed by atoms with Crippen molar-refractivity contribution >= 4 is 11.8 Å². The van der Waals surface area contributed by atoms with Crippen LogP contribution in [0.5, 0.6) is 0 Å². The summed E-state index contributed by atoms with van der Waals surface area (Å²) in [5, 5.41) is 0. The van der Waals surface area contributed by atoms with Gasteiger partial charge in [-0.1, -0.05) is 0 Å². The largest absolute Gasteiger partial charge is 0.393 e. The van der Waals surface area contributed by atoms with E-state index in [1.165, 1.54) is 17.2 Å². The lowest BCUT2D eigenvalue weighted by Gasteiger charge is -2.33. The number of H-pyrrole nitrogens is 1. The third-order valence-electron chi connectivity index (χ3n) is 4.73. The van der Waals surface area contributed by atoms with E-state index >= 15 is 0 Å². The van der Waals surface area contributed by atoms with Crippen LogP contribution in [-0.2, 0) is 0 Å². The van der Waals surface area contributed by atoms with Gasteiger partial charge in [0, 0.05) is 32.4 Å². The molecule has 24 heavy (non-hydrogen) atoms. The molecule has 2 fully saturated rings. The minimum absolute atomic E-state index is 0.0547. The van der Waals surface area contributed by atoms with Gasteiger partial charge >= 0.3 is 6.18 Å². The SMILES string of the molecule is O=C(c1c[nH]c(C(=O)N2CCCC2)c1)N1CCCC(C(F)(F)F)C1. The van der Waals surface area contributed by atoms with Crippen LogP contribution in [0, 0.1) is 5.92 Å². The highest BCUT2D eigenvalue weighted by molar-refractivity contribution is 5.99. The monoisotopic (exact) mass is 343 g/mol. The Labute approximate surface area is 137 Å². The summed E-state index contributed by atoms with van der Waals surface area (Å²) >= 11 is 0. The molecule has 1 atom stereocenters. The molecule has 0 aliphatic carbocycles. The van der Waals surface area contributed by atoms with Crippen LogP contribution in [0.4, 0.5) is 13.2 Å². The van der Waals surface area contributed by atoms with E-state index in [1.54, 1.807) is 4.90 Å². The summed E-state index contributed by atoms with van der Waals surface area (Å²) in [5.74, 6) is -2.10. The molecular formula is C16H20F3N3O2. The fourth-order valence-electron chi connectivity index (χ4n) is 3.34. The number of alkyl halides is 3. The molecular weight excluding hydrogens is 323 g/mol. The lowest BCUT2D eigenvalue weighted by molar-refractivity contribution is -0.184. The van der Waals surface area contributed by atoms with Crippen molar-refractivity contribution in [3.8, 4) is 0 Å². The van der Waals surface area contributed by atoms with Gasteiger partial charge in [0.05, 0.1) is 11.5 Å². The van der Waals surface area contributed by atoms with Crippen molar-refractivity contribution in [1.29, 1.82) is 0 Å². The van der Waals surface area contributed by atoms with Crippen molar-refractivity contribution in [2.45, 2.75) is 31.9 Å². The van der Waals surface area contributed by atoms with Gasteiger partial charge in [0.25, 0.3) is 11.8 Å². The Hall–Kier alpha value is -1.99. The average molecular weight is 343 g/mol. The van der Waals surface area contributed by atoms with Gasteiger partial charge in [-0.2, -0.15) is 13.2 Å². The van der Waals surface area contributed by atoms with Gasteiger partial charge in [-0.15, -0.1) is 0 Å². The molecule has 1 unspecified atom stereocenters. The molecule has 0 spiro atoms. The van der Waals surface area contributed by atoms with Crippen LogP contribution in [0.3, 0.4) is 0 Å². The zero-order chi connectivity index (χ0) is 17.3. The third-order valence-corrected chi connectivity index (χ3v) is 4.73. The van der Waals surface area contributed by atoms with Gasteiger partial charge in [0.15, 0.2) is 0 Å². The summed E-state index contributed by atoms with van der Waals surface area (Å²) in [6, 6.07) is 1.44. The van der Waals surface area contributed by atoms with Gasteiger partial charge in [-0.3, -0.25) is 9.59 Å². The Kier molecular flexibility index (Phi) is 4.56. The van der Waals surface area contributed by atoms with E-state index in [1.807, 2.05) is 0 Å². The van der Waals surface area contributed by atoms with Gasteiger partial charge < -0.3 is 14.8 Å². The summed E-state index contributed by atoms with van der Waals surface area (Å²) in [7, 11) is 0. The molecule has 132 valence electrons. The van der Waals surface area contributed by atoms with Crippen molar-refractivity contribution < 1.29 is 22.8 Å². The highest BCUT2D eigenvalue weighted by Crippen LogP contribution is 2.33. The molecule has 1 aromatic rings. The molecule has 5 nitrogen and oxygen atoms in total. The number of carbonyl (C=O) groups excluding carboxylic acids is 2. The van der Waals surface area contributed by atoms with Crippen LogP contribution >= 0.6 is 0 Å². The second-order valence-corrected chi connectivity index (χ2v) is 6.43. The number of nitrogens with zero attached hydrogens (tertiary/aromatic N) is 2. The number of aromatic amines is 1. The molecule has 2 aliphatic heterocycles. The summed E-state index contributed by atoms with van der Waals surface area (Å²) in [6.07, 6.45) is -0.564. The number of likely N-dealkylation sites (tertiary alicyclic amines) is 2. The minimum atomic E-state index is -4.28. The molecule has 1 N–H and O–H groups in total. The van der Waals surface area contributed by atoms with E-state index in [9.17, 15) is 22.8 Å². The van der Waals surface area contributed by atoms with Crippen molar-refractivity contribution in [2.24, 2.45) is 5.92 Å². The zero-order valence-corrected chi connectivity index (χ0v) is 13.2. The van der Waals surface area contributed by atoms with Crippen molar-refractivity contribution in [1.82, 2.24) is 14.8 Å². The van der Waals surface area contributed by atoms with E-state index in [4.69, 9.17) is 0 Å². The molecule has 0 aromatic carbocycles. The van der Waals surface area contributed by atoms with Crippen LogP contribution < -0.4 is 0 Å². The first-order chi connectivity index (χ1) is 11.4. The van der Waals surface area contributed by atoms with Crippen LogP contribution in [0.1, 0.15) is 46.5 Å². The van der Waals surface area contributed by atoms with E-state index in [0.717, 1.165) is 12.8 Å². The first-order valence-corrected chi connectivity index (χ1v) is 8.20. The molecule has 3 heterocycles. The number of rotatable bonds is 2. The fourth-order valence-corrected chi connectivity index (χ4v) is 3.34. The second-order valence-electron chi connectivity index (χ2n) is 6.43. The molecule has 2 saturated heterocycles. The number of hydrogen-bond donors (Lipinski definition) is 1. The third kappa shape index (κ3) is 3.42. The maximum atomic E-state index is 12.9. The van der Waals surface area contributed by atoms with E-state index in [2.05, 4.69) is 4.98 Å². The number of amides is 2. The summed E-state index contributed by atoms with van der Waals surface area (Å²) in [6.45, 7) is 1.38. The van der Waals surface area contributed by atoms with Gasteiger partial charge in [0.1, 0.15) is 5.69 Å². The predicted molar refractivity (Wildman–Crippen MR) is 80.6 cm³/mol. The Morgan fingerprint density at radius 1 is 1.04 bits per heavy atom. The lowest BCUT2D eigenvalue weighted by Crippen LogP contribution is -2.44. The number of nitrogens with one attached hydrogen (secondary N) is 1. The Bertz CT molecular complexity index is 620. The molecule has 1 aromatic heterocycles. The smallest absolute Gasteiger partial charge is 0.356 e. The van der Waals surface area contributed by atoms with Crippen LogP contribution in [0.15, 0.2) is 12.3 Å². The minimum Gasteiger partial charge on any atom is -0.356 e.